The predicted molar refractivity (Wildman–Crippen MR) is 89.0 cm³/mol. The molecule has 3 heterocycles. The van der Waals surface area contributed by atoms with Gasteiger partial charge in [0.15, 0.2) is 0 Å². The molecule has 9 heteroatoms. The van der Waals surface area contributed by atoms with Crippen molar-refractivity contribution in [2.75, 3.05) is 24.5 Å². The van der Waals surface area contributed by atoms with Gasteiger partial charge in [-0.25, -0.2) is 4.79 Å². The minimum atomic E-state index is -0.921. The van der Waals surface area contributed by atoms with Gasteiger partial charge in [0.2, 0.25) is 5.91 Å². The number of carbonyl (C=O) groups excluding carboxylic acids is 2. The highest BCUT2D eigenvalue weighted by Crippen LogP contribution is 2.30. The van der Waals surface area contributed by atoms with Crippen LogP contribution in [0.3, 0.4) is 0 Å². The van der Waals surface area contributed by atoms with E-state index in [4.69, 9.17) is 0 Å². The number of carbonyl (C=O) groups is 3. The SMILES string of the molecule is Cn1cc(N2CCCC(NC(=O)N3CCC(C)(C(=O)O)C3)C2=O)cn1. The predicted octanol–water partition coefficient (Wildman–Crippen LogP) is 0.422. The minimum Gasteiger partial charge on any atom is -0.481 e. The average Bonchev–Trinajstić information content (AvgIpc) is 3.16. The van der Waals surface area contributed by atoms with Crippen molar-refractivity contribution >= 4 is 23.6 Å². The zero-order valence-corrected chi connectivity index (χ0v) is 14.4. The van der Waals surface area contributed by atoms with E-state index < -0.39 is 17.4 Å². The number of carboxylic acid groups (broad SMARTS) is 1. The van der Waals surface area contributed by atoms with Gasteiger partial charge in [-0.15, -0.1) is 0 Å². The molecule has 2 aliphatic heterocycles. The van der Waals surface area contributed by atoms with E-state index in [-0.39, 0.29) is 18.5 Å². The van der Waals surface area contributed by atoms with Gasteiger partial charge in [0.05, 0.1) is 17.3 Å². The van der Waals surface area contributed by atoms with Crippen molar-refractivity contribution in [2.24, 2.45) is 12.5 Å². The molecule has 2 unspecified atom stereocenters. The molecule has 2 aliphatic rings. The number of rotatable bonds is 3. The molecule has 25 heavy (non-hydrogen) atoms. The van der Waals surface area contributed by atoms with E-state index in [9.17, 15) is 19.5 Å². The van der Waals surface area contributed by atoms with Crippen LogP contribution in [0.2, 0.25) is 0 Å². The van der Waals surface area contributed by atoms with Gasteiger partial charge in [0.25, 0.3) is 0 Å². The normalized spacial score (nSPS) is 26.8. The van der Waals surface area contributed by atoms with Crippen molar-refractivity contribution in [1.82, 2.24) is 20.0 Å². The Bertz CT molecular complexity index is 702. The van der Waals surface area contributed by atoms with Crippen LogP contribution in [0.4, 0.5) is 10.5 Å². The van der Waals surface area contributed by atoms with E-state index in [1.165, 1.54) is 4.90 Å². The maximum absolute atomic E-state index is 12.7. The second kappa shape index (κ2) is 6.38. The number of likely N-dealkylation sites (tertiary alicyclic amines) is 1. The van der Waals surface area contributed by atoms with E-state index in [1.54, 1.807) is 35.9 Å². The van der Waals surface area contributed by atoms with Crippen LogP contribution in [0.15, 0.2) is 12.4 Å². The molecule has 2 atom stereocenters. The Morgan fingerprint density at radius 1 is 1.40 bits per heavy atom. The number of nitrogens with zero attached hydrogens (tertiary/aromatic N) is 4. The summed E-state index contributed by atoms with van der Waals surface area (Å²) in [6.07, 6.45) is 5.15. The molecule has 3 amide bonds. The first kappa shape index (κ1) is 17.2. The number of carboxylic acids is 1. The maximum atomic E-state index is 12.7. The number of aromatic nitrogens is 2. The third-order valence-electron chi connectivity index (χ3n) is 5.02. The molecule has 9 nitrogen and oxygen atoms in total. The van der Waals surface area contributed by atoms with Crippen LogP contribution in [0.5, 0.6) is 0 Å². The molecule has 0 aliphatic carbocycles. The van der Waals surface area contributed by atoms with E-state index >= 15 is 0 Å². The van der Waals surface area contributed by atoms with Crippen molar-refractivity contribution in [1.29, 1.82) is 0 Å². The summed E-state index contributed by atoms with van der Waals surface area (Å²) in [7, 11) is 1.78. The molecule has 0 saturated carbocycles. The third-order valence-corrected chi connectivity index (χ3v) is 5.02. The molecule has 2 fully saturated rings. The first-order valence-corrected chi connectivity index (χ1v) is 8.39. The van der Waals surface area contributed by atoms with Crippen LogP contribution in [0, 0.1) is 5.41 Å². The Morgan fingerprint density at radius 3 is 2.76 bits per heavy atom. The average molecular weight is 349 g/mol. The fourth-order valence-corrected chi connectivity index (χ4v) is 3.36. The summed E-state index contributed by atoms with van der Waals surface area (Å²) in [5.74, 6) is -1.06. The summed E-state index contributed by atoms with van der Waals surface area (Å²) in [5.41, 5.74) is -0.207. The molecule has 136 valence electrons. The molecule has 2 saturated heterocycles. The van der Waals surface area contributed by atoms with Crippen LogP contribution < -0.4 is 10.2 Å². The van der Waals surface area contributed by atoms with Crippen molar-refractivity contribution in [2.45, 2.75) is 32.2 Å². The topological polar surface area (TPSA) is 108 Å². The standard InChI is InChI=1S/C16H23N5O4/c1-16(14(23)24)5-7-20(10-16)15(25)18-12-4-3-6-21(13(12)22)11-8-17-19(2)9-11/h8-9,12H,3-7,10H2,1-2H3,(H,18,25)(H,23,24). The largest absolute Gasteiger partial charge is 0.481 e. The molecular formula is C16H23N5O4. The number of amides is 3. The Kier molecular flexibility index (Phi) is 4.40. The second-order valence-corrected chi connectivity index (χ2v) is 7.04. The van der Waals surface area contributed by atoms with Gasteiger partial charge in [-0.1, -0.05) is 0 Å². The van der Waals surface area contributed by atoms with E-state index in [2.05, 4.69) is 10.4 Å². The fourth-order valence-electron chi connectivity index (χ4n) is 3.36. The lowest BCUT2D eigenvalue weighted by Crippen LogP contribution is -2.55. The van der Waals surface area contributed by atoms with Crippen LogP contribution in [-0.2, 0) is 16.6 Å². The zero-order chi connectivity index (χ0) is 18.2. The smallest absolute Gasteiger partial charge is 0.318 e. The Labute approximate surface area is 145 Å². The van der Waals surface area contributed by atoms with Crippen LogP contribution in [0.25, 0.3) is 0 Å². The van der Waals surface area contributed by atoms with Gasteiger partial charge < -0.3 is 20.2 Å². The van der Waals surface area contributed by atoms with E-state index in [0.717, 1.165) is 6.42 Å². The second-order valence-electron chi connectivity index (χ2n) is 7.04. The molecule has 1 aromatic heterocycles. The summed E-state index contributed by atoms with van der Waals surface area (Å²) >= 11 is 0. The lowest BCUT2D eigenvalue weighted by molar-refractivity contribution is -0.147. The van der Waals surface area contributed by atoms with Gasteiger partial charge in [-0.05, 0) is 26.2 Å². The van der Waals surface area contributed by atoms with Crippen molar-refractivity contribution in [3.05, 3.63) is 12.4 Å². The summed E-state index contributed by atoms with van der Waals surface area (Å²) in [6, 6.07) is -0.977. The monoisotopic (exact) mass is 349 g/mol. The van der Waals surface area contributed by atoms with Gasteiger partial charge in [0.1, 0.15) is 6.04 Å². The summed E-state index contributed by atoms with van der Waals surface area (Å²) in [5, 5.41) is 16.1. The van der Waals surface area contributed by atoms with E-state index in [0.29, 0.717) is 31.6 Å². The summed E-state index contributed by atoms with van der Waals surface area (Å²) < 4.78 is 1.63. The maximum Gasteiger partial charge on any atom is 0.318 e. The lowest BCUT2D eigenvalue weighted by atomic mass is 9.90. The Balaban J connectivity index is 1.63. The minimum absolute atomic E-state index is 0.154. The summed E-state index contributed by atoms with van der Waals surface area (Å²) in [6.45, 7) is 2.76. The molecule has 0 radical (unpaired) electrons. The Hall–Kier alpha value is -2.58. The molecule has 1 aromatic rings. The first-order chi connectivity index (χ1) is 11.8. The number of piperidine rings is 1. The molecule has 2 N–H and O–H groups in total. The number of aryl methyl sites for hydroxylation is 1. The lowest BCUT2D eigenvalue weighted by Gasteiger charge is -2.32. The molecular weight excluding hydrogens is 326 g/mol. The van der Waals surface area contributed by atoms with Crippen LogP contribution >= 0.6 is 0 Å². The van der Waals surface area contributed by atoms with Gasteiger partial charge in [-0.2, -0.15) is 5.10 Å². The number of anilines is 1. The van der Waals surface area contributed by atoms with Crippen molar-refractivity contribution in [3.63, 3.8) is 0 Å². The number of hydrogen-bond acceptors (Lipinski definition) is 4. The molecule has 0 spiro atoms. The quantitative estimate of drug-likeness (QED) is 0.822. The van der Waals surface area contributed by atoms with E-state index in [1.807, 2.05) is 0 Å². The molecule has 0 aromatic carbocycles. The van der Waals surface area contributed by atoms with Crippen molar-refractivity contribution in [3.8, 4) is 0 Å². The summed E-state index contributed by atoms with van der Waals surface area (Å²) in [4.78, 5) is 39.6. The number of aliphatic carboxylic acids is 1. The van der Waals surface area contributed by atoms with Crippen molar-refractivity contribution < 1.29 is 19.5 Å². The first-order valence-electron chi connectivity index (χ1n) is 8.39. The van der Waals surface area contributed by atoms with Gasteiger partial charge in [-0.3, -0.25) is 14.3 Å². The highest BCUT2D eigenvalue weighted by Gasteiger charge is 2.43. The van der Waals surface area contributed by atoms with Crippen LogP contribution in [0.1, 0.15) is 26.2 Å². The highest BCUT2D eigenvalue weighted by molar-refractivity contribution is 5.99. The highest BCUT2D eigenvalue weighted by atomic mass is 16.4. The number of hydrogen-bond donors (Lipinski definition) is 2. The Morgan fingerprint density at radius 2 is 2.16 bits per heavy atom. The molecule has 0 bridgehead atoms. The van der Waals surface area contributed by atoms with Gasteiger partial charge >= 0.3 is 12.0 Å². The van der Waals surface area contributed by atoms with Crippen LogP contribution in [-0.4, -0.2) is 63.4 Å². The number of urea groups is 1. The molecule has 3 rings (SSSR count). The van der Waals surface area contributed by atoms with Gasteiger partial charge in [0, 0.05) is 32.9 Å². The third kappa shape index (κ3) is 3.31. The zero-order valence-electron chi connectivity index (χ0n) is 14.4. The fraction of sp³-hybridized carbons (Fsp3) is 0.625. The number of nitrogens with one attached hydrogen (secondary N) is 1.